The highest BCUT2D eigenvalue weighted by Crippen LogP contribution is 2.27. The van der Waals surface area contributed by atoms with Crippen molar-refractivity contribution in [2.75, 3.05) is 5.32 Å². The second kappa shape index (κ2) is 5.56. The molecule has 2 saturated heterocycles. The minimum absolute atomic E-state index is 0.00656. The molecule has 1 aromatic rings. The number of anilines is 1. The second-order valence-electron chi connectivity index (χ2n) is 6.58. The summed E-state index contributed by atoms with van der Waals surface area (Å²) in [7, 11) is 0. The lowest BCUT2D eigenvalue weighted by Gasteiger charge is -2.29. The van der Waals surface area contributed by atoms with Crippen LogP contribution in [0.15, 0.2) is 17.2 Å². The van der Waals surface area contributed by atoms with E-state index in [2.05, 4.69) is 29.5 Å². The van der Waals surface area contributed by atoms with E-state index in [0.29, 0.717) is 29.9 Å². The standard InChI is InChI=1S/C15H24N4O/c1-10(2)9-19-6-5-16-14(15(19)20)18-13-7-11-3-4-12(8-13)17-11/h5-6,10-13,17H,3-4,7-9H2,1-2H3,(H,16,18). The molecule has 2 atom stereocenters. The van der Waals surface area contributed by atoms with Crippen LogP contribution < -0.4 is 16.2 Å². The third-order valence-corrected chi connectivity index (χ3v) is 4.29. The van der Waals surface area contributed by atoms with E-state index in [-0.39, 0.29) is 5.56 Å². The van der Waals surface area contributed by atoms with Crippen LogP contribution in [0.1, 0.15) is 39.5 Å². The molecule has 110 valence electrons. The van der Waals surface area contributed by atoms with E-state index in [9.17, 15) is 4.79 Å². The van der Waals surface area contributed by atoms with Gasteiger partial charge in [0.2, 0.25) is 0 Å². The van der Waals surface area contributed by atoms with Crippen LogP contribution in [0.25, 0.3) is 0 Å². The van der Waals surface area contributed by atoms with Gasteiger partial charge in [0.15, 0.2) is 5.82 Å². The molecule has 5 nitrogen and oxygen atoms in total. The molecule has 3 heterocycles. The van der Waals surface area contributed by atoms with Gasteiger partial charge < -0.3 is 15.2 Å². The Morgan fingerprint density at radius 1 is 1.40 bits per heavy atom. The number of piperidine rings is 1. The normalized spacial score (nSPS) is 28.9. The minimum Gasteiger partial charge on any atom is -0.363 e. The van der Waals surface area contributed by atoms with Gasteiger partial charge in [-0.1, -0.05) is 13.8 Å². The van der Waals surface area contributed by atoms with Crippen LogP contribution in [0.2, 0.25) is 0 Å². The summed E-state index contributed by atoms with van der Waals surface area (Å²) in [4.78, 5) is 16.6. The van der Waals surface area contributed by atoms with Gasteiger partial charge in [0.05, 0.1) is 0 Å². The van der Waals surface area contributed by atoms with Gasteiger partial charge in [0, 0.05) is 37.1 Å². The van der Waals surface area contributed by atoms with Crippen LogP contribution in [-0.2, 0) is 6.54 Å². The highest BCUT2D eigenvalue weighted by atomic mass is 16.1. The van der Waals surface area contributed by atoms with Crippen molar-refractivity contribution in [2.24, 2.45) is 5.92 Å². The van der Waals surface area contributed by atoms with E-state index >= 15 is 0 Å². The monoisotopic (exact) mass is 276 g/mol. The third-order valence-electron chi connectivity index (χ3n) is 4.29. The predicted octanol–water partition coefficient (Wildman–Crippen LogP) is 1.59. The lowest BCUT2D eigenvalue weighted by molar-refractivity contribution is 0.377. The number of nitrogens with zero attached hydrogens (tertiary/aromatic N) is 2. The van der Waals surface area contributed by atoms with Gasteiger partial charge in [-0.05, 0) is 31.6 Å². The Labute approximate surface area is 119 Å². The van der Waals surface area contributed by atoms with Crippen molar-refractivity contribution in [3.05, 3.63) is 22.7 Å². The highest BCUT2D eigenvalue weighted by Gasteiger charge is 2.33. The zero-order valence-corrected chi connectivity index (χ0v) is 12.3. The molecular weight excluding hydrogens is 252 g/mol. The Kier molecular flexibility index (Phi) is 3.78. The first-order valence-corrected chi connectivity index (χ1v) is 7.70. The summed E-state index contributed by atoms with van der Waals surface area (Å²) < 4.78 is 1.76. The summed E-state index contributed by atoms with van der Waals surface area (Å²) in [6, 6.07) is 1.62. The van der Waals surface area contributed by atoms with Crippen molar-refractivity contribution in [3.8, 4) is 0 Å². The maximum absolute atomic E-state index is 12.4. The summed E-state index contributed by atoms with van der Waals surface area (Å²) in [6.07, 6.45) is 8.22. The molecule has 0 spiro atoms. The molecule has 2 bridgehead atoms. The van der Waals surface area contributed by atoms with Crippen molar-refractivity contribution >= 4 is 5.82 Å². The summed E-state index contributed by atoms with van der Waals surface area (Å²) in [5, 5.41) is 6.99. The summed E-state index contributed by atoms with van der Waals surface area (Å²) in [6.45, 7) is 4.97. The largest absolute Gasteiger partial charge is 0.363 e. The predicted molar refractivity (Wildman–Crippen MR) is 79.9 cm³/mol. The fourth-order valence-corrected chi connectivity index (χ4v) is 3.45. The molecular formula is C15H24N4O. The van der Waals surface area contributed by atoms with E-state index in [0.717, 1.165) is 19.4 Å². The Balaban J connectivity index is 1.72. The van der Waals surface area contributed by atoms with E-state index in [4.69, 9.17) is 0 Å². The molecule has 0 radical (unpaired) electrons. The Bertz CT molecular complexity index is 513. The number of fused-ring (bicyclic) bond motifs is 2. The fourth-order valence-electron chi connectivity index (χ4n) is 3.45. The lowest BCUT2D eigenvalue weighted by atomic mass is 10.00. The molecule has 2 aliphatic rings. The molecule has 2 unspecified atom stereocenters. The van der Waals surface area contributed by atoms with Crippen molar-refractivity contribution < 1.29 is 0 Å². The Hall–Kier alpha value is -1.36. The van der Waals surface area contributed by atoms with Crippen molar-refractivity contribution in [1.82, 2.24) is 14.9 Å². The van der Waals surface area contributed by atoms with E-state index in [1.165, 1.54) is 12.8 Å². The van der Waals surface area contributed by atoms with E-state index in [1.54, 1.807) is 17.0 Å². The van der Waals surface area contributed by atoms with Crippen LogP contribution in [0.4, 0.5) is 5.82 Å². The van der Waals surface area contributed by atoms with Gasteiger partial charge in [-0.15, -0.1) is 0 Å². The van der Waals surface area contributed by atoms with Gasteiger partial charge in [-0.25, -0.2) is 4.98 Å². The van der Waals surface area contributed by atoms with E-state index in [1.807, 2.05) is 0 Å². The number of rotatable bonds is 4. The molecule has 5 heteroatoms. The molecule has 0 amide bonds. The van der Waals surface area contributed by atoms with Crippen molar-refractivity contribution in [1.29, 1.82) is 0 Å². The van der Waals surface area contributed by atoms with Crippen LogP contribution >= 0.6 is 0 Å². The number of aromatic nitrogens is 2. The number of hydrogen-bond donors (Lipinski definition) is 2. The molecule has 0 aromatic carbocycles. The first-order chi connectivity index (χ1) is 9.61. The first kappa shape index (κ1) is 13.6. The van der Waals surface area contributed by atoms with Gasteiger partial charge in [0.1, 0.15) is 0 Å². The topological polar surface area (TPSA) is 59.0 Å². The molecule has 1 aromatic heterocycles. The minimum atomic E-state index is 0.00656. The summed E-state index contributed by atoms with van der Waals surface area (Å²) in [5.74, 6) is 0.970. The lowest BCUT2D eigenvalue weighted by Crippen LogP contribution is -2.44. The van der Waals surface area contributed by atoms with Crippen molar-refractivity contribution in [3.63, 3.8) is 0 Å². The molecule has 2 N–H and O–H groups in total. The van der Waals surface area contributed by atoms with Crippen LogP contribution in [-0.4, -0.2) is 27.7 Å². The van der Waals surface area contributed by atoms with Gasteiger partial charge in [-0.2, -0.15) is 0 Å². The smallest absolute Gasteiger partial charge is 0.293 e. The average molecular weight is 276 g/mol. The zero-order chi connectivity index (χ0) is 14.1. The third kappa shape index (κ3) is 2.87. The number of hydrogen-bond acceptors (Lipinski definition) is 4. The molecule has 20 heavy (non-hydrogen) atoms. The van der Waals surface area contributed by atoms with Crippen molar-refractivity contribution in [2.45, 2.75) is 64.2 Å². The fraction of sp³-hybridized carbons (Fsp3) is 0.733. The maximum Gasteiger partial charge on any atom is 0.293 e. The molecule has 2 fully saturated rings. The highest BCUT2D eigenvalue weighted by molar-refractivity contribution is 5.33. The SMILES string of the molecule is CC(C)Cn1ccnc(NC2CC3CCC(C2)N3)c1=O. The molecule has 3 rings (SSSR count). The van der Waals surface area contributed by atoms with Crippen LogP contribution in [0.3, 0.4) is 0 Å². The first-order valence-electron chi connectivity index (χ1n) is 7.70. The Morgan fingerprint density at radius 3 is 2.75 bits per heavy atom. The van der Waals surface area contributed by atoms with Gasteiger partial charge in [-0.3, -0.25) is 4.79 Å². The van der Waals surface area contributed by atoms with Crippen LogP contribution in [0, 0.1) is 5.92 Å². The van der Waals surface area contributed by atoms with Gasteiger partial charge >= 0.3 is 0 Å². The molecule has 0 aliphatic carbocycles. The van der Waals surface area contributed by atoms with Gasteiger partial charge in [0.25, 0.3) is 5.56 Å². The zero-order valence-electron chi connectivity index (χ0n) is 12.3. The Morgan fingerprint density at radius 2 is 2.10 bits per heavy atom. The summed E-state index contributed by atoms with van der Waals surface area (Å²) >= 11 is 0. The van der Waals surface area contributed by atoms with Crippen LogP contribution in [0.5, 0.6) is 0 Å². The van der Waals surface area contributed by atoms with E-state index < -0.39 is 0 Å². The maximum atomic E-state index is 12.4. The average Bonchev–Trinajstić information content (AvgIpc) is 2.73. The molecule has 0 saturated carbocycles. The molecule has 2 aliphatic heterocycles. The summed E-state index contributed by atoms with van der Waals surface area (Å²) in [5.41, 5.74) is 0.00656. The number of nitrogens with one attached hydrogen (secondary N) is 2. The quantitative estimate of drug-likeness (QED) is 0.877. The second-order valence-corrected chi connectivity index (χ2v) is 6.58.